The molecule has 1 fully saturated rings. The van der Waals surface area contributed by atoms with Gasteiger partial charge in [-0.1, -0.05) is 122 Å². The number of nitrogens with zero attached hydrogens (tertiary/aromatic N) is 1. The smallest absolute Gasteiger partial charge is 0.136 e. The van der Waals surface area contributed by atoms with Crippen molar-refractivity contribution in [1.29, 1.82) is 0 Å². The van der Waals surface area contributed by atoms with E-state index in [4.69, 9.17) is 4.42 Å². The molecule has 0 unspecified atom stereocenters. The minimum Gasteiger partial charge on any atom is -0.456 e. The van der Waals surface area contributed by atoms with Crippen LogP contribution >= 0.6 is 11.3 Å². The van der Waals surface area contributed by atoms with Gasteiger partial charge in [0.25, 0.3) is 0 Å². The lowest BCUT2D eigenvalue weighted by Gasteiger charge is -2.26. The van der Waals surface area contributed by atoms with Crippen molar-refractivity contribution in [2.45, 2.75) is 38.0 Å². The van der Waals surface area contributed by atoms with E-state index in [1.54, 1.807) is 0 Å². The highest BCUT2D eigenvalue weighted by Crippen LogP contribution is 2.46. The Morgan fingerprint density at radius 1 is 0.471 bits per heavy atom. The Bertz CT molecular complexity index is 2660. The number of furan rings is 1. The molecule has 2 aromatic heterocycles. The molecule has 1 saturated carbocycles. The summed E-state index contributed by atoms with van der Waals surface area (Å²) in [5.74, 6) is 0.693. The zero-order valence-electron chi connectivity index (χ0n) is 28.4. The number of para-hydroxylation sites is 1. The Labute approximate surface area is 302 Å². The van der Waals surface area contributed by atoms with Gasteiger partial charge in [0.1, 0.15) is 11.2 Å². The molecule has 0 aliphatic heterocycles. The minimum absolute atomic E-state index is 0.693. The summed E-state index contributed by atoms with van der Waals surface area (Å²) >= 11 is 1.93. The monoisotopic (exact) mass is 675 g/mol. The third-order valence-corrected chi connectivity index (χ3v) is 12.1. The number of hydrogen-bond acceptors (Lipinski definition) is 3. The van der Waals surface area contributed by atoms with Gasteiger partial charge in [0.15, 0.2) is 0 Å². The Balaban J connectivity index is 1.08. The van der Waals surface area contributed by atoms with Crippen molar-refractivity contribution >= 4 is 70.5 Å². The maximum absolute atomic E-state index is 6.23. The van der Waals surface area contributed by atoms with Crippen LogP contribution in [0, 0.1) is 0 Å². The Morgan fingerprint density at radius 3 is 1.88 bits per heavy atom. The van der Waals surface area contributed by atoms with Gasteiger partial charge in [-0.25, -0.2) is 0 Å². The lowest BCUT2D eigenvalue weighted by atomic mass is 9.84. The number of benzene rings is 7. The average molecular weight is 676 g/mol. The molecule has 7 aromatic carbocycles. The van der Waals surface area contributed by atoms with E-state index in [1.807, 2.05) is 23.5 Å². The second kappa shape index (κ2) is 12.6. The first kappa shape index (κ1) is 30.2. The second-order valence-corrected chi connectivity index (χ2v) is 15.0. The number of hydrogen-bond donors (Lipinski definition) is 0. The van der Waals surface area contributed by atoms with Crippen LogP contribution in [0.3, 0.4) is 0 Å². The maximum Gasteiger partial charge on any atom is 0.136 e. The van der Waals surface area contributed by atoms with Crippen LogP contribution in [0.15, 0.2) is 162 Å². The molecule has 1 aliphatic rings. The second-order valence-electron chi connectivity index (χ2n) is 14.0. The quantitative estimate of drug-likeness (QED) is 0.174. The summed E-state index contributed by atoms with van der Waals surface area (Å²) < 4.78 is 8.94. The molecule has 10 rings (SSSR count). The van der Waals surface area contributed by atoms with E-state index in [-0.39, 0.29) is 0 Å². The summed E-state index contributed by atoms with van der Waals surface area (Å²) in [6, 6.07) is 57.6. The zero-order valence-corrected chi connectivity index (χ0v) is 29.2. The predicted molar refractivity (Wildman–Crippen MR) is 218 cm³/mol. The average Bonchev–Trinajstić information content (AvgIpc) is 3.77. The fourth-order valence-electron chi connectivity index (χ4n) is 8.24. The van der Waals surface area contributed by atoms with Gasteiger partial charge in [-0.2, -0.15) is 0 Å². The predicted octanol–water partition coefficient (Wildman–Crippen LogP) is 14.8. The van der Waals surface area contributed by atoms with Crippen LogP contribution in [0.5, 0.6) is 0 Å². The minimum atomic E-state index is 0.693. The molecule has 3 heteroatoms. The number of rotatable bonds is 6. The van der Waals surface area contributed by atoms with Gasteiger partial charge >= 0.3 is 0 Å². The molecule has 0 bridgehead atoms. The Kier molecular flexibility index (Phi) is 7.46. The molecule has 51 heavy (non-hydrogen) atoms. The SMILES string of the molecule is c1ccc(-c2ccc(N(c3ccc(-c4ccc5c(c4)oc4ccccc45)cc3)c3cccc4c3sc3cc(C5CCCCC5)ccc34)cc2)cc1. The summed E-state index contributed by atoms with van der Waals surface area (Å²) in [4.78, 5) is 2.43. The molecule has 2 heterocycles. The van der Waals surface area contributed by atoms with Gasteiger partial charge in [0.2, 0.25) is 0 Å². The summed E-state index contributed by atoms with van der Waals surface area (Å²) in [5.41, 5.74) is 11.6. The van der Waals surface area contributed by atoms with Crippen LogP contribution in [0.2, 0.25) is 0 Å². The molecule has 2 nitrogen and oxygen atoms in total. The van der Waals surface area contributed by atoms with Crippen molar-refractivity contribution in [2.75, 3.05) is 4.90 Å². The third kappa shape index (κ3) is 5.40. The van der Waals surface area contributed by atoms with Crippen LogP contribution in [-0.4, -0.2) is 0 Å². The van der Waals surface area contributed by atoms with Gasteiger partial charge in [0.05, 0.1) is 10.4 Å². The highest BCUT2D eigenvalue weighted by Gasteiger charge is 2.21. The number of anilines is 3. The van der Waals surface area contributed by atoms with Gasteiger partial charge in [-0.15, -0.1) is 11.3 Å². The molecule has 0 radical (unpaired) electrons. The van der Waals surface area contributed by atoms with E-state index in [0.717, 1.165) is 44.4 Å². The molecule has 246 valence electrons. The first-order valence-corrected chi connectivity index (χ1v) is 19.0. The fraction of sp³-hybridized carbons (Fsp3) is 0.125. The lowest BCUT2D eigenvalue weighted by molar-refractivity contribution is 0.444. The molecule has 0 saturated heterocycles. The molecule has 9 aromatic rings. The van der Waals surface area contributed by atoms with Crippen molar-refractivity contribution in [1.82, 2.24) is 0 Å². The molecule has 0 spiro atoms. The maximum atomic E-state index is 6.23. The molecule has 0 amide bonds. The lowest BCUT2D eigenvalue weighted by Crippen LogP contribution is -2.10. The Morgan fingerprint density at radius 2 is 1.10 bits per heavy atom. The topological polar surface area (TPSA) is 16.4 Å². The summed E-state index contributed by atoms with van der Waals surface area (Å²) in [6.45, 7) is 0. The molecule has 0 N–H and O–H groups in total. The normalized spacial score (nSPS) is 13.8. The summed E-state index contributed by atoms with van der Waals surface area (Å²) in [7, 11) is 0. The third-order valence-electron chi connectivity index (χ3n) is 10.9. The largest absolute Gasteiger partial charge is 0.456 e. The van der Waals surface area contributed by atoms with Crippen molar-refractivity contribution in [2.24, 2.45) is 0 Å². The van der Waals surface area contributed by atoms with Crippen LogP contribution in [0.1, 0.15) is 43.6 Å². The van der Waals surface area contributed by atoms with Crippen LogP contribution in [0.4, 0.5) is 17.1 Å². The van der Waals surface area contributed by atoms with E-state index in [1.165, 1.54) is 74.7 Å². The summed E-state index contributed by atoms with van der Waals surface area (Å²) in [5, 5.41) is 4.99. The van der Waals surface area contributed by atoms with E-state index in [2.05, 4.69) is 150 Å². The van der Waals surface area contributed by atoms with E-state index >= 15 is 0 Å². The molecule has 1 aliphatic carbocycles. The van der Waals surface area contributed by atoms with Crippen molar-refractivity contribution in [3.8, 4) is 22.3 Å². The van der Waals surface area contributed by atoms with Crippen molar-refractivity contribution < 1.29 is 4.42 Å². The standard InChI is InChI=1S/C48H37NOS/c1-3-10-32(11-4-1)34-18-24-38(25-19-34)49(39-26-20-35(21-27-39)36-22-28-41-40-14-7-8-17-45(40)50-46(41)30-36)44-16-9-15-43-42-29-23-37(31-47(42)51-48(43)44)33-12-5-2-6-13-33/h1,3-4,7-11,14-31,33H,2,5-6,12-13H2. The van der Waals surface area contributed by atoms with Crippen molar-refractivity contribution in [3.05, 3.63) is 163 Å². The van der Waals surface area contributed by atoms with Gasteiger partial charge in [-0.05, 0) is 101 Å². The van der Waals surface area contributed by atoms with Crippen molar-refractivity contribution in [3.63, 3.8) is 0 Å². The van der Waals surface area contributed by atoms with Crippen LogP contribution in [-0.2, 0) is 0 Å². The Hall–Kier alpha value is -5.64. The first-order valence-electron chi connectivity index (χ1n) is 18.2. The number of fused-ring (bicyclic) bond motifs is 6. The fourth-order valence-corrected chi connectivity index (χ4v) is 9.49. The van der Waals surface area contributed by atoms with Gasteiger partial charge < -0.3 is 9.32 Å². The molecule has 0 atom stereocenters. The van der Waals surface area contributed by atoms with Crippen LogP contribution in [0.25, 0.3) is 64.4 Å². The molecular weight excluding hydrogens is 639 g/mol. The highest BCUT2D eigenvalue weighted by molar-refractivity contribution is 7.26. The summed E-state index contributed by atoms with van der Waals surface area (Å²) in [6.07, 6.45) is 6.72. The van der Waals surface area contributed by atoms with Gasteiger partial charge in [-0.3, -0.25) is 0 Å². The van der Waals surface area contributed by atoms with Gasteiger partial charge in [0, 0.05) is 37.6 Å². The van der Waals surface area contributed by atoms with E-state index in [0.29, 0.717) is 5.92 Å². The first-order chi connectivity index (χ1) is 25.3. The zero-order chi connectivity index (χ0) is 33.7. The molecular formula is C48H37NOS. The highest BCUT2D eigenvalue weighted by atomic mass is 32.1. The van der Waals surface area contributed by atoms with E-state index < -0.39 is 0 Å². The van der Waals surface area contributed by atoms with E-state index in [9.17, 15) is 0 Å². The number of thiophene rings is 1. The van der Waals surface area contributed by atoms with Crippen LogP contribution < -0.4 is 4.90 Å².